The van der Waals surface area contributed by atoms with Crippen LogP contribution in [-0.2, 0) is 6.54 Å². The summed E-state index contributed by atoms with van der Waals surface area (Å²) in [6, 6.07) is 5.88. The van der Waals surface area contributed by atoms with Crippen molar-refractivity contribution in [2.24, 2.45) is 0 Å². The van der Waals surface area contributed by atoms with Crippen molar-refractivity contribution in [3.63, 3.8) is 0 Å². The summed E-state index contributed by atoms with van der Waals surface area (Å²) in [4.78, 5) is 12.0. The van der Waals surface area contributed by atoms with Gasteiger partial charge in [-0.25, -0.2) is 4.79 Å². The number of carboxylic acid groups (broad SMARTS) is 1. The Morgan fingerprint density at radius 1 is 1.26 bits per heavy atom. The summed E-state index contributed by atoms with van der Waals surface area (Å²) in [5.41, 5.74) is 0.796. The van der Waals surface area contributed by atoms with E-state index in [0.717, 1.165) is 0 Å². The molecule has 0 saturated heterocycles. The molecule has 0 radical (unpaired) electrons. The minimum atomic E-state index is -4.23. The van der Waals surface area contributed by atoms with Crippen LogP contribution in [-0.4, -0.2) is 35.2 Å². The van der Waals surface area contributed by atoms with Crippen LogP contribution >= 0.6 is 0 Å². The van der Waals surface area contributed by atoms with Crippen LogP contribution in [0.1, 0.15) is 29.3 Å². The van der Waals surface area contributed by atoms with Crippen LogP contribution in [0.4, 0.5) is 13.2 Å². The zero-order valence-electron chi connectivity index (χ0n) is 10.6. The van der Waals surface area contributed by atoms with Crippen molar-refractivity contribution in [3.8, 4) is 0 Å². The molecule has 3 nitrogen and oxygen atoms in total. The Hall–Kier alpha value is -1.56. The van der Waals surface area contributed by atoms with E-state index in [1.807, 2.05) is 6.92 Å². The normalized spacial score (nSPS) is 11.8. The lowest BCUT2D eigenvalue weighted by Gasteiger charge is -2.23. The van der Waals surface area contributed by atoms with Crippen molar-refractivity contribution in [2.45, 2.75) is 26.1 Å². The molecule has 0 atom stereocenters. The molecular formula is C13H16F3NO2. The number of carbonyl (C=O) groups is 1. The highest BCUT2D eigenvalue weighted by molar-refractivity contribution is 5.87. The first-order chi connectivity index (χ1) is 8.81. The molecule has 0 fully saturated rings. The Balaban J connectivity index is 2.70. The van der Waals surface area contributed by atoms with Crippen molar-refractivity contribution in [3.05, 3.63) is 35.4 Å². The van der Waals surface area contributed by atoms with Crippen molar-refractivity contribution in [1.29, 1.82) is 0 Å². The predicted molar refractivity (Wildman–Crippen MR) is 65.0 cm³/mol. The van der Waals surface area contributed by atoms with E-state index in [1.54, 1.807) is 12.1 Å². The first-order valence-electron chi connectivity index (χ1n) is 5.93. The lowest BCUT2D eigenvalue weighted by molar-refractivity contribution is -0.147. The number of halogens is 3. The highest BCUT2D eigenvalue weighted by atomic mass is 19.4. The second kappa shape index (κ2) is 6.56. The van der Waals surface area contributed by atoms with Gasteiger partial charge in [0.15, 0.2) is 0 Å². The van der Waals surface area contributed by atoms with Gasteiger partial charge in [0, 0.05) is 6.54 Å². The predicted octanol–water partition coefficient (Wildman–Crippen LogP) is 3.16. The molecule has 0 aliphatic carbocycles. The number of hydrogen-bond donors (Lipinski definition) is 1. The number of alkyl halides is 3. The van der Waals surface area contributed by atoms with Gasteiger partial charge in [-0.3, -0.25) is 4.90 Å². The molecule has 1 N–H and O–H groups in total. The lowest BCUT2D eigenvalue weighted by atomic mass is 10.1. The standard InChI is InChI=1S/C13H16F3NO2/c1-2-7-17(9-13(14,15)16)8-10-3-5-11(6-4-10)12(18)19/h3-6H,2,7-9H2,1H3,(H,18,19). The summed E-state index contributed by atoms with van der Waals surface area (Å²) in [5, 5.41) is 8.74. The van der Waals surface area contributed by atoms with Gasteiger partial charge in [0.25, 0.3) is 0 Å². The maximum atomic E-state index is 12.4. The third kappa shape index (κ3) is 5.74. The number of aromatic carboxylic acids is 1. The Bertz CT molecular complexity index is 415. The molecular weight excluding hydrogens is 259 g/mol. The second-order valence-corrected chi connectivity index (χ2v) is 4.33. The fraction of sp³-hybridized carbons (Fsp3) is 0.462. The summed E-state index contributed by atoms with van der Waals surface area (Å²) in [6.45, 7) is 1.37. The van der Waals surface area contributed by atoms with Gasteiger partial charge in [-0.1, -0.05) is 19.1 Å². The Labute approximate surface area is 109 Å². The molecule has 0 saturated carbocycles. The second-order valence-electron chi connectivity index (χ2n) is 4.33. The fourth-order valence-electron chi connectivity index (χ4n) is 1.79. The van der Waals surface area contributed by atoms with E-state index in [2.05, 4.69) is 0 Å². The van der Waals surface area contributed by atoms with Gasteiger partial charge in [0.2, 0.25) is 0 Å². The summed E-state index contributed by atoms with van der Waals surface area (Å²) in [5.74, 6) is -1.05. The first kappa shape index (κ1) is 15.5. The van der Waals surface area contributed by atoms with Gasteiger partial charge in [-0.2, -0.15) is 13.2 Å². The molecule has 0 spiro atoms. The van der Waals surface area contributed by atoms with Crippen molar-refractivity contribution in [1.82, 2.24) is 4.90 Å². The SMILES string of the molecule is CCCN(Cc1ccc(C(=O)O)cc1)CC(F)(F)F. The number of nitrogens with zero attached hydrogens (tertiary/aromatic N) is 1. The molecule has 0 aliphatic heterocycles. The molecule has 19 heavy (non-hydrogen) atoms. The zero-order valence-corrected chi connectivity index (χ0v) is 10.6. The van der Waals surface area contributed by atoms with Gasteiger partial charge in [0.1, 0.15) is 0 Å². The van der Waals surface area contributed by atoms with Crippen LogP contribution in [0.2, 0.25) is 0 Å². The Morgan fingerprint density at radius 2 is 1.84 bits per heavy atom. The maximum absolute atomic E-state index is 12.4. The smallest absolute Gasteiger partial charge is 0.401 e. The Morgan fingerprint density at radius 3 is 2.26 bits per heavy atom. The summed E-state index contributed by atoms with van der Waals surface area (Å²) >= 11 is 0. The quantitative estimate of drug-likeness (QED) is 0.867. The van der Waals surface area contributed by atoms with Crippen LogP contribution < -0.4 is 0 Å². The lowest BCUT2D eigenvalue weighted by Crippen LogP contribution is -2.34. The van der Waals surface area contributed by atoms with Gasteiger partial charge >= 0.3 is 12.1 Å². The average molecular weight is 275 g/mol. The molecule has 1 aromatic carbocycles. The van der Waals surface area contributed by atoms with E-state index in [9.17, 15) is 18.0 Å². The molecule has 1 aromatic rings. The monoisotopic (exact) mass is 275 g/mol. The molecule has 0 aromatic heterocycles. The molecule has 106 valence electrons. The van der Waals surface area contributed by atoms with Gasteiger partial charge in [-0.05, 0) is 30.7 Å². The minimum Gasteiger partial charge on any atom is -0.478 e. The highest BCUT2D eigenvalue weighted by Crippen LogP contribution is 2.18. The molecule has 1 rings (SSSR count). The first-order valence-corrected chi connectivity index (χ1v) is 5.93. The zero-order chi connectivity index (χ0) is 14.5. The van der Waals surface area contributed by atoms with Crippen LogP contribution in [0.5, 0.6) is 0 Å². The molecule has 0 amide bonds. The van der Waals surface area contributed by atoms with Crippen LogP contribution in [0, 0.1) is 0 Å². The number of benzene rings is 1. The fourth-order valence-corrected chi connectivity index (χ4v) is 1.79. The maximum Gasteiger partial charge on any atom is 0.401 e. The van der Waals surface area contributed by atoms with Crippen LogP contribution in [0.15, 0.2) is 24.3 Å². The topological polar surface area (TPSA) is 40.5 Å². The van der Waals surface area contributed by atoms with E-state index < -0.39 is 18.7 Å². The van der Waals surface area contributed by atoms with Gasteiger partial charge < -0.3 is 5.11 Å². The number of hydrogen-bond acceptors (Lipinski definition) is 2. The van der Waals surface area contributed by atoms with Crippen LogP contribution in [0.3, 0.4) is 0 Å². The molecule has 0 aliphatic rings. The largest absolute Gasteiger partial charge is 0.478 e. The van der Waals surface area contributed by atoms with E-state index in [0.29, 0.717) is 18.5 Å². The van der Waals surface area contributed by atoms with E-state index in [1.165, 1.54) is 17.0 Å². The molecule has 0 bridgehead atoms. The molecule has 0 unspecified atom stereocenters. The number of carboxylic acids is 1. The summed E-state index contributed by atoms with van der Waals surface area (Å²) < 4.78 is 37.1. The van der Waals surface area contributed by atoms with E-state index in [4.69, 9.17) is 5.11 Å². The highest BCUT2D eigenvalue weighted by Gasteiger charge is 2.30. The summed E-state index contributed by atoms with van der Waals surface area (Å²) in [6.07, 6.45) is -3.60. The molecule has 0 heterocycles. The summed E-state index contributed by atoms with van der Waals surface area (Å²) in [7, 11) is 0. The minimum absolute atomic E-state index is 0.126. The third-order valence-corrected chi connectivity index (χ3v) is 2.55. The van der Waals surface area contributed by atoms with Crippen LogP contribution in [0.25, 0.3) is 0 Å². The average Bonchev–Trinajstić information content (AvgIpc) is 2.27. The van der Waals surface area contributed by atoms with Crippen molar-refractivity contribution < 1.29 is 23.1 Å². The number of rotatable bonds is 6. The van der Waals surface area contributed by atoms with E-state index in [-0.39, 0.29) is 12.1 Å². The van der Waals surface area contributed by atoms with E-state index >= 15 is 0 Å². The Kier molecular flexibility index (Phi) is 5.35. The third-order valence-electron chi connectivity index (χ3n) is 2.55. The molecule has 6 heteroatoms. The van der Waals surface area contributed by atoms with Crippen molar-refractivity contribution >= 4 is 5.97 Å². The van der Waals surface area contributed by atoms with Gasteiger partial charge in [0.05, 0.1) is 12.1 Å². The van der Waals surface area contributed by atoms with Gasteiger partial charge in [-0.15, -0.1) is 0 Å². The van der Waals surface area contributed by atoms with Crippen molar-refractivity contribution in [2.75, 3.05) is 13.1 Å².